The van der Waals surface area contributed by atoms with Gasteiger partial charge in [-0.05, 0) is 30.9 Å². The van der Waals surface area contributed by atoms with Gasteiger partial charge < -0.3 is 15.6 Å². The van der Waals surface area contributed by atoms with Gasteiger partial charge in [-0.2, -0.15) is 0 Å². The zero-order chi connectivity index (χ0) is 11.4. The van der Waals surface area contributed by atoms with Crippen LogP contribution in [0.2, 0.25) is 0 Å². The Labute approximate surface area is 99.2 Å². The van der Waals surface area contributed by atoms with Crippen molar-refractivity contribution >= 4 is 17.4 Å². The van der Waals surface area contributed by atoms with Crippen molar-refractivity contribution in [1.29, 1.82) is 0 Å². The number of hydrogen-bond acceptors (Lipinski definition) is 5. The van der Waals surface area contributed by atoms with Crippen molar-refractivity contribution in [2.45, 2.75) is 17.9 Å². The Morgan fingerprint density at radius 2 is 2.31 bits per heavy atom. The summed E-state index contributed by atoms with van der Waals surface area (Å²) in [5, 5.41) is 9.57. The van der Waals surface area contributed by atoms with Crippen LogP contribution < -0.4 is 10.5 Å². The molecule has 4 nitrogen and oxygen atoms in total. The van der Waals surface area contributed by atoms with Crippen LogP contribution in [0.25, 0.3) is 0 Å². The highest BCUT2D eigenvalue weighted by molar-refractivity contribution is 7.99. The number of ether oxygens (including phenoxy) is 1. The molecule has 1 aliphatic rings. The Morgan fingerprint density at radius 3 is 3.00 bits per heavy atom. The number of anilines is 1. The molecule has 0 aliphatic heterocycles. The Balaban J connectivity index is 1.96. The maximum atomic E-state index is 8.73. The SMILES string of the molecule is Nc1ccc(SCCO)nc1OCC1CC1. The molecule has 3 N–H and O–H groups in total. The molecule has 1 aromatic heterocycles. The first-order chi connectivity index (χ1) is 7.79. The lowest BCUT2D eigenvalue weighted by atomic mass is 10.4. The molecule has 16 heavy (non-hydrogen) atoms. The second-order valence-corrected chi connectivity index (χ2v) is 4.99. The molecule has 1 fully saturated rings. The van der Waals surface area contributed by atoms with Gasteiger partial charge in [-0.3, -0.25) is 0 Å². The van der Waals surface area contributed by atoms with E-state index in [-0.39, 0.29) is 6.61 Å². The van der Waals surface area contributed by atoms with Crippen molar-refractivity contribution in [2.24, 2.45) is 5.92 Å². The van der Waals surface area contributed by atoms with E-state index in [4.69, 9.17) is 15.6 Å². The van der Waals surface area contributed by atoms with E-state index in [9.17, 15) is 0 Å². The molecule has 5 heteroatoms. The fourth-order valence-electron chi connectivity index (χ4n) is 1.26. The molecule has 0 spiro atoms. The number of rotatable bonds is 6. The number of nitrogen functional groups attached to an aromatic ring is 1. The van der Waals surface area contributed by atoms with E-state index in [2.05, 4.69) is 4.98 Å². The third-order valence-corrected chi connectivity index (χ3v) is 3.27. The lowest BCUT2D eigenvalue weighted by Crippen LogP contribution is -2.04. The van der Waals surface area contributed by atoms with Crippen molar-refractivity contribution in [3.8, 4) is 5.88 Å². The minimum absolute atomic E-state index is 0.148. The van der Waals surface area contributed by atoms with Gasteiger partial charge in [0, 0.05) is 5.75 Å². The maximum Gasteiger partial charge on any atom is 0.238 e. The molecular formula is C11H16N2O2S. The summed E-state index contributed by atoms with van der Waals surface area (Å²) in [6.07, 6.45) is 2.50. The van der Waals surface area contributed by atoms with E-state index in [0.29, 0.717) is 29.8 Å². The fraction of sp³-hybridized carbons (Fsp3) is 0.545. The summed E-state index contributed by atoms with van der Waals surface area (Å²) >= 11 is 1.50. The highest BCUT2D eigenvalue weighted by Crippen LogP contribution is 2.31. The van der Waals surface area contributed by atoms with Crippen LogP contribution in [0.15, 0.2) is 17.2 Å². The van der Waals surface area contributed by atoms with Gasteiger partial charge in [-0.1, -0.05) is 0 Å². The van der Waals surface area contributed by atoms with Crippen molar-refractivity contribution < 1.29 is 9.84 Å². The normalized spacial score (nSPS) is 15.1. The number of aliphatic hydroxyl groups excluding tert-OH is 1. The standard InChI is InChI=1S/C11H16N2O2S/c12-9-3-4-10(16-6-5-14)13-11(9)15-7-8-1-2-8/h3-4,8,14H,1-2,5-7,12H2. The van der Waals surface area contributed by atoms with Crippen molar-refractivity contribution in [2.75, 3.05) is 24.7 Å². The van der Waals surface area contributed by atoms with Crippen molar-refractivity contribution in [3.63, 3.8) is 0 Å². The van der Waals surface area contributed by atoms with Crippen LogP contribution in [-0.4, -0.2) is 29.1 Å². The Bertz CT molecular complexity index is 356. The number of aliphatic hydroxyl groups is 1. The number of pyridine rings is 1. The Morgan fingerprint density at radius 1 is 1.50 bits per heavy atom. The second kappa shape index (κ2) is 5.41. The summed E-state index contributed by atoms with van der Waals surface area (Å²) in [7, 11) is 0. The molecule has 0 bridgehead atoms. The molecule has 88 valence electrons. The lowest BCUT2D eigenvalue weighted by Gasteiger charge is -2.08. The van der Waals surface area contributed by atoms with Gasteiger partial charge >= 0.3 is 0 Å². The van der Waals surface area contributed by atoms with Crippen LogP contribution in [0.1, 0.15) is 12.8 Å². The minimum Gasteiger partial charge on any atom is -0.476 e. The molecule has 1 heterocycles. The second-order valence-electron chi connectivity index (χ2n) is 3.87. The molecular weight excluding hydrogens is 224 g/mol. The maximum absolute atomic E-state index is 8.73. The van der Waals surface area contributed by atoms with E-state index < -0.39 is 0 Å². The Kier molecular flexibility index (Phi) is 3.90. The molecule has 1 aromatic rings. The number of thioether (sulfide) groups is 1. The van der Waals surface area contributed by atoms with Gasteiger partial charge in [0.15, 0.2) is 0 Å². The predicted molar refractivity (Wildman–Crippen MR) is 64.7 cm³/mol. The highest BCUT2D eigenvalue weighted by Gasteiger charge is 2.22. The van der Waals surface area contributed by atoms with Gasteiger partial charge in [-0.15, -0.1) is 11.8 Å². The van der Waals surface area contributed by atoms with E-state index in [1.165, 1.54) is 24.6 Å². The van der Waals surface area contributed by atoms with Crippen LogP contribution in [0.5, 0.6) is 5.88 Å². The van der Waals surface area contributed by atoms with Crippen LogP contribution in [-0.2, 0) is 0 Å². The number of aromatic nitrogens is 1. The van der Waals surface area contributed by atoms with Gasteiger partial charge in [0.2, 0.25) is 5.88 Å². The first-order valence-corrected chi connectivity index (χ1v) is 6.41. The first-order valence-electron chi connectivity index (χ1n) is 5.42. The minimum atomic E-state index is 0.148. The topological polar surface area (TPSA) is 68.4 Å². The summed E-state index contributed by atoms with van der Waals surface area (Å²) in [5.74, 6) is 1.85. The monoisotopic (exact) mass is 240 g/mol. The summed E-state index contributed by atoms with van der Waals surface area (Å²) in [6.45, 7) is 0.861. The molecule has 1 saturated carbocycles. The van der Waals surface area contributed by atoms with E-state index in [0.717, 1.165) is 5.03 Å². The van der Waals surface area contributed by atoms with Crippen LogP contribution in [0, 0.1) is 5.92 Å². The quantitative estimate of drug-likeness (QED) is 0.738. The zero-order valence-corrected chi connectivity index (χ0v) is 9.87. The molecule has 0 aromatic carbocycles. The summed E-state index contributed by atoms with van der Waals surface area (Å²) in [5.41, 5.74) is 6.36. The smallest absolute Gasteiger partial charge is 0.238 e. The molecule has 0 unspecified atom stereocenters. The average molecular weight is 240 g/mol. The third kappa shape index (κ3) is 3.28. The number of nitrogens with zero attached hydrogens (tertiary/aromatic N) is 1. The van der Waals surface area contributed by atoms with Gasteiger partial charge in [0.1, 0.15) is 5.03 Å². The van der Waals surface area contributed by atoms with E-state index >= 15 is 0 Å². The molecule has 2 rings (SSSR count). The highest BCUT2D eigenvalue weighted by atomic mass is 32.2. The van der Waals surface area contributed by atoms with Crippen LogP contribution >= 0.6 is 11.8 Å². The molecule has 0 saturated heterocycles. The summed E-state index contributed by atoms with van der Waals surface area (Å²) in [6, 6.07) is 3.65. The van der Waals surface area contributed by atoms with Gasteiger partial charge in [-0.25, -0.2) is 4.98 Å². The molecule has 0 atom stereocenters. The van der Waals surface area contributed by atoms with Gasteiger partial charge in [0.25, 0.3) is 0 Å². The van der Waals surface area contributed by atoms with Gasteiger partial charge in [0.05, 0.1) is 18.9 Å². The largest absolute Gasteiger partial charge is 0.476 e. The van der Waals surface area contributed by atoms with Crippen LogP contribution in [0.3, 0.4) is 0 Å². The third-order valence-electron chi connectivity index (χ3n) is 2.36. The molecule has 0 radical (unpaired) electrons. The number of hydrogen-bond donors (Lipinski definition) is 2. The summed E-state index contributed by atoms with van der Waals surface area (Å²) < 4.78 is 5.57. The van der Waals surface area contributed by atoms with Crippen LogP contribution in [0.4, 0.5) is 5.69 Å². The average Bonchev–Trinajstić information content (AvgIpc) is 3.10. The predicted octanol–water partition coefficient (Wildman–Crippen LogP) is 1.54. The summed E-state index contributed by atoms with van der Waals surface area (Å²) in [4.78, 5) is 4.31. The van der Waals surface area contributed by atoms with Crippen molar-refractivity contribution in [3.05, 3.63) is 12.1 Å². The Hall–Kier alpha value is -0.940. The van der Waals surface area contributed by atoms with Crippen molar-refractivity contribution in [1.82, 2.24) is 4.98 Å². The molecule has 1 aliphatic carbocycles. The van der Waals surface area contributed by atoms with E-state index in [1.54, 1.807) is 6.07 Å². The number of nitrogens with two attached hydrogens (primary N) is 1. The zero-order valence-electron chi connectivity index (χ0n) is 9.06. The van der Waals surface area contributed by atoms with E-state index in [1.807, 2.05) is 6.07 Å². The first kappa shape index (κ1) is 11.5. The fourth-order valence-corrected chi connectivity index (χ4v) is 1.87. The lowest BCUT2D eigenvalue weighted by molar-refractivity contribution is 0.288. The molecule has 0 amide bonds.